The van der Waals surface area contributed by atoms with E-state index >= 15 is 0 Å². The quantitative estimate of drug-likeness (QED) is 0.284. The van der Waals surface area contributed by atoms with Gasteiger partial charge >= 0.3 is 5.97 Å². The highest BCUT2D eigenvalue weighted by Gasteiger charge is 2.42. The highest BCUT2D eigenvalue weighted by molar-refractivity contribution is 6.31. The third kappa shape index (κ3) is 7.01. The second kappa shape index (κ2) is 11.7. The highest BCUT2D eigenvalue weighted by atomic mass is 35.5. The molecule has 0 spiro atoms. The summed E-state index contributed by atoms with van der Waals surface area (Å²) in [6.45, 7) is 4.22. The second-order valence-electron chi connectivity index (χ2n) is 11.8. The number of Topliss-reactive ketones (excluding diaryl/α,β-unsaturated/α-hetero) is 1. The number of carbonyl (C=O) groups excluding carboxylic acids is 1. The number of aliphatic hydroxyl groups is 2. The fraction of sp³-hybridized carbons (Fsp3) is 0.621. The predicted molar refractivity (Wildman–Crippen MR) is 140 cm³/mol. The summed E-state index contributed by atoms with van der Waals surface area (Å²) >= 11 is 6.32. The van der Waals surface area contributed by atoms with Gasteiger partial charge in [-0.1, -0.05) is 42.7 Å². The van der Waals surface area contributed by atoms with Crippen molar-refractivity contribution in [1.82, 2.24) is 5.16 Å². The monoisotopic (exact) mass is 531 g/mol. The van der Waals surface area contributed by atoms with Crippen LogP contribution in [-0.2, 0) is 22.6 Å². The minimum Gasteiger partial charge on any atom is -0.481 e. The van der Waals surface area contributed by atoms with Crippen LogP contribution < -0.4 is 0 Å². The van der Waals surface area contributed by atoms with E-state index in [9.17, 15) is 24.9 Å². The molecule has 4 rings (SSSR count). The molecule has 2 aliphatic rings. The molecule has 2 saturated carbocycles. The summed E-state index contributed by atoms with van der Waals surface area (Å²) in [6, 6.07) is 5.17. The van der Waals surface area contributed by atoms with Gasteiger partial charge in [-0.2, -0.15) is 0 Å². The minimum absolute atomic E-state index is 0.0322. The zero-order chi connectivity index (χ0) is 26.7. The molecule has 1 aromatic carbocycles. The van der Waals surface area contributed by atoms with Gasteiger partial charge in [0, 0.05) is 48.3 Å². The van der Waals surface area contributed by atoms with Crippen LogP contribution in [0.4, 0.5) is 0 Å². The molecule has 0 amide bonds. The van der Waals surface area contributed by atoms with E-state index in [1.807, 2.05) is 0 Å². The SMILES string of the molecule is CC(C)(CO)CC1CC(c2onc([C@@H](CCC(=O)O)CC(=O)Cc3ccc(CO)cc3Cl)c2C2CC2)C1. The molecule has 0 aliphatic heterocycles. The third-order valence-corrected chi connectivity index (χ3v) is 8.25. The van der Waals surface area contributed by atoms with Gasteiger partial charge in [-0.15, -0.1) is 0 Å². The average molecular weight is 532 g/mol. The van der Waals surface area contributed by atoms with E-state index in [1.165, 1.54) is 0 Å². The summed E-state index contributed by atoms with van der Waals surface area (Å²) in [5.41, 5.74) is 3.15. The van der Waals surface area contributed by atoms with Crippen LogP contribution in [0.15, 0.2) is 22.7 Å². The molecule has 7 nitrogen and oxygen atoms in total. The fourth-order valence-electron chi connectivity index (χ4n) is 5.68. The molecule has 1 heterocycles. The number of aromatic nitrogens is 1. The number of hydrogen-bond acceptors (Lipinski definition) is 6. The van der Waals surface area contributed by atoms with Crippen molar-refractivity contribution in [3.63, 3.8) is 0 Å². The lowest BCUT2D eigenvalue weighted by molar-refractivity contribution is -0.137. The Labute approximate surface area is 223 Å². The second-order valence-corrected chi connectivity index (χ2v) is 12.2. The Morgan fingerprint density at radius 2 is 1.92 bits per heavy atom. The van der Waals surface area contributed by atoms with Gasteiger partial charge in [0.15, 0.2) is 0 Å². The van der Waals surface area contributed by atoms with Crippen molar-refractivity contribution in [1.29, 1.82) is 0 Å². The first-order chi connectivity index (χ1) is 17.6. The van der Waals surface area contributed by atoms with Crippen LogP contribution in [0.5, 0.6) is 0 Å². The van der Waals surface area contributed by atoms with Crippen molar-refractivity contribution < 1.29 is 29.4 Å². The number of aliphatic hydroxyl groups excluding tert-OH is 2. The van der Waals surface area contributed by atoms with Gasteiger partial charge in [-0.25, -0.2) is 0 Å². The molecular weight excluding hydrogens is 494 g/mol. The van der Waals surface area contributed by atoms with Gasteiger partial charge in [0.1, 0.15) is 11.5 Å². The topological polar surface area (TPSA) is 121 Å². The number of carboxylic acid groups (broad SMARTS) is 1. The summed E-state index contributed by atoms with van der Waals surface area (Å²) in [7, 11) is 0. The molecule has 0 unspecified atom stereocenters. The number of carboxylic acids is 1. The van der Waals surface area contributed by atoms with Crippen molar-refractivity contribution >= 4 is 23.4 Å². The van der Waals surface area contributed by atoms with Crippen LogP contribution in [0.3, 0.4) is 0 Å². The molecule has 37 heavy (non-hydrogen) atoms. The highest BCUT2D eigenvalue weighted by Crippen LogP contribution is 2.53. The van der Waals surface area contributed by atoms with Crippen molar-refractivity contribution in [2.75, 3.05) is 6.61 Å². The Hall–Kier alpha value is -2.22. The van der Waals surface area contributed by atoms with Crippen LogP contribution in [0.2, 0.25) is 5.02 Å². The molecule has 202 valence electrons. The van der Waals surface area contributed by atoms with Crippen LogP contribution in [0.1, 0.15) is 111 Å². The first kappa shape index (κ1) is 27.8. The van der Waals surface area contributed by atoms with E-state index in [1.54, 1.807) is 18.2 Å². The lowest BCUT2D eigenvalue weighted by Crippen LogP contribution is -2.29. The fourth-order valence-corrected chi connectivity index (χ4v) is 5.95. The number of ketones is 1. The maximum absolute atomic E-state index is 13.1. The van der Waals surface area contributed by atoms with Gasteiger partial charge in [-0.3, -0.25) is 9.59 Å². The van der Waals surface area contributed by atoms with Gasteiger partial charge in [-0.05, 0) is 73.0 Å². The van der Waals surface area contributed by atoms with Crippen LogP contribution in [-0.4, -0.2) is 38.8 Å². The van der Waals surface area contributed by atoms with Crippen LogP contribution >= 0.6 is 11.6 Å². The number of carbonyl (C=O) groups is 2. The minimum atomic E-state index is -0.898. The molecule has 0 saturated heterocycles. The number of hydrogen-bond donors (Lipinski definition) is 3. The van der Waals surface area contributed by atoms with Gasteiger partial charge in [0.25, 0.3) is 0 Å². The van der Waals surface area contributed by atoms with E-state index < -0.39 is 5.97 Å². The van der Waals surface area contributed by atoms with Gasteiger partial charge in [0.05, 0.1) is 12.3 Å². The van der Waals surface area contributed by atoms with E-state index in [0.29, 0.717) is 34.4 Å². The Kier molecular flexibility index (Phi) is 8.77. The summed E-state index contributed by atoms with van der Waals surface area (Å²) in [6.07, 6.45) is 5.68. The lowest BCUT2D eigenvalue weighted by Gasteiger charge is -2.38. The Morgan fingerprint density at radius 3 is 2.51 bits per heavy atom. The maximum atomic E-state index is 13.1. The average Bonchev–Trinajstić information content (AvgIpc) is 3.58. The number of rotatable bonds is 14. The van der Waals surface area contributed by atoms with E-state index in [4.69, 9.17) is 16.1 Å². The van der Waals surface area contributed by atoms with Crippen molar-refractivity contribution in [2.45, 2.75) is 96.0 Å². The number of nitrogens with zero attached hydrogens (tertiary/aromatic N) is 1. The standard InChI is InChI=1S/C29H38ClNO6/c1-29(2,16-33)14-18-9-22(10-18)28-26(19-5-6-19)27(31-37-28)21(7-8-25(35)36)13-23(34)12-20-4-3-17(15-32)11-24(20)30/h3-4,11,18-19,21-22,32-33H,5-10,12-16H2,1-2H3,(H,35,36)/t18?,21-,22?/m0/s1. The number of halogens is 1. The van der Waals surface area contributed by atoms with Gasteiger partial charge < -0.3 is 19.8 Å². The number of aliphatic carboxylic acids is 1. The third-order valence-electron chi connectivity index (χ3n) is 7.90. The molecule has 3 N–H and O–H groups in total. The van der Waals surface area contributed by atoms with Crippen molar-refractivity contribution in [3.05, 3.63) is 51.4 Å². The molecule has 1 atom stereocenters. The zero-order valence-corrected chi connectivity index (χ0v) is 22.5. The summed E-state index contributed by atoms with van der Waals surface area (Å²) in [5.74, 6) is 0.866. The maximum Gasteiger partial charge on any atom is 0.303 e. The zero-order valence-electron chi connectivity index (χ0n) is 21.7. The molecular formula is C29H38ClNO6. The van der Waals surface area contributed by atoms with E-state index in [2.05, 4.69) is 19.0 Å². The Bertz CT molecular complexity index is 1120. The summed E-state index contributed by atoms with van der Waals surface area (Å²) in [4.78, 5) is 24.5. The Balaban J connectivity index is 1.50. The van der Waals surface area contributed by atoms with Crippen molar-refractivity contribution in [2.24, 2.45) is 11.3 Å². The first-order valence-corrected chi connectivity index (χ1v) is 13.7. The molecule has 0 radical (unpaired) electrons. The normalized spacial score (nSPS) is 20.5. The van der Waals surface area contributed by atoms with Crippen LogP contribution in [0.25, 0.3) is 0 Å². The van der Waals surface area contributed by atoms with Crippen molar-refractivity contribution in [3.8, 4) is 0 Å². The largest absolute Gasteiger partial charge is 0.481 e. The summed E-state index contributed by atoms with van der Waals surface area (Å²) in [5, 5.41) is 33.2. The molecule has 0 bridgehead atoms. The smallest absolute Gasteiger partial charge is 0.303 e. The summed E-state index contributed by atoms with van der Waals surface area (Å²) < 4.78 is 5.94. The van der Waals surface area contributed by atoms with E-state index in [-0.39, 0.29) is 55.5 Å². The molecule has 2 aromatic rings. The molecule has 2 fully saturated rings. The molecule has 8 heteroatoms. The molecule has 2 aliphatic carbocycles. The first-order valence-electron chi connectivity index (χ1n) is 13.3. The predicted octanol–water partition coefficient (Wildman–Crippen LogP) is 5.75. The lowest BCUT2D eigenvalue weighted by atomic mass is 9.66. The molecule has 1 aromatic heterocycles. The number of benzene rings is 1. The Morgan fingerprint density at radius 1 is 1.19 bits per heavy atom. The van der Waals surface area contributed by atoms with E-state index in [0.717, 1.165) is 49.1 Å². The van der Waals surface area contributed by atoms with Gasteiger partial charge in [0.2, 0.25) is 0 Å². The van der Waals surface area contributed by atoms with Crippen LogP contribution in [0, 0.1) is 11.3 Å².